The highest BCUT2D eigenvalue weighted by Crippen LogP contribution is 2.34. The zero-order chi connectivity index (χ0) is 13.9. The van der Waals surface area contributed by atoms with Gasteiger partial charge in [-0.3, -0.25) is 0 Å². The first-order chi connectivity index (χ1) is 8.70. The normalized spacial score (nSPS) is 13.8. The summed E-state index contributed by atoms with van der Waals surface area (Å²) in [5, 5.41) is 0. The summed E-state index contributed by atoms with van der Waals surface area (Å²) < 4.78 is 18.0. The summed E-state index contributed by atoms with van der Waals surface area (Å²) in [5.41, 5.74) is 0.460. The van der Waals surface area contributed by atoms with Crippen molar-refractivity contribution in [2.45, 2.75) is 72.3 Å². The lowest BCUT2D eigenvalue weighted by atomic mass is 10.1. The minimum Gasteiger partial charge on any atom is -0.374 e. The smallest absolute Gasteiger partial charge is 0.374 e. The zero-order valence-corrected chi connectivity index (χ0v) is 14.0. The van der Waals surface area contributed by atoms with E-state index in [2.05, 4.69) is 13.8 Å². The quantitative estimate of drug-likeness (QED) is 0.495. The predicted molar refractivity (Wildman–Crippen MR) is 78.8 cm³/mol. The summed E-state index contributed by atoms with van der Waals surface area (Å²) in [6, 6.07) is 0. The lowest BCUT2D eigenvalue weighted by Gasteiger charge is -2.35. The molecule has 0 aromatic carbocycles. The molecule has 0 amide bonds. The fraction of sp³-hybridized carbons (Fsp3) is 1.00. The van der Waals surface area contributed by atoms with E-state index in [1.165, 1.54) is 12.8 Å². The number of hydrogen-bond donors (Lipinski definition) is 0. The predicted octanol–water partition coefficient (Wildman–Crippen LogP) is 4.40. The molecule has 0 aliphatic carbocycles. The Bertz CT molecular complexity index is 171. The first-order valence-corrected chi connectivity index (χ1v) is 9.42. The molecule has 1 atom stereocenters. The van der Waals surface area contributed by atoms with Gasteiger partial charge in [-0.15, -0.1) is 0 Å². The summed E-state index contributed by atoms with van der Waals surface area (Å²) >= 11 is 0. The van der Waals surface area contributed by atoms with Crippen LogP contribution in [0.15, 0.2) is 0 Å². The van der Waals surface area contributed by atoms with E-state index in [0.29, 0.717) is 25.4 Å². The van der Waals surface area contributed by atoms with E-state index in [0.717, 1.165) is 19.3 Å². The maximum atomic E-state index is 6.02. The van der Waals surface area contributed by atoms with Crippen molar-refractivity contribution in [2.75, 3.05) is 19.8 Å². The van der Waals surface area contributed by atoms with Crippen LogP contribution in [0.4, 0.5) is 0 Å². The Morgan fingerprint density at radius 3 is 1.56 bits per heavy atom. The molecule has 4 heteroatoms. The number of rotatable bonds is 12. The molecule has 0 aromatic heterocycles. The van der Waals surface area contributed by atoms with E-state index in [1.807, 2.05) is 20.8 Å². The Balaban J connectivity index is 4.88. The SMILES string of the molecule is CCCCC(CCC)[Si](OCC)(OCC)OCC. The van der Waals surface area contributed by atoms with Crippen molar-refractivity contribution >= 4 is 8.80 Å². The lowest BCUT2D eigenvalue weighted by Crippen LogP contribution is -2.50. The molecule has 0 fully saturated rings. The standard InChI is InChI=1S/C14H32O3Si/c1-6-11-13-14(12-7-2)18(15-8-3,16-9-4)17-10-5/h14H,6-13H2,1-5H3. The van der Waals surface area contributed by atoms with Gasteiger partial charge in [0.25, 0.3) is 0 Å². The van der Waals surface area contributed by atoms with Gasteiger partial charge in [0.15, 0.2) is 0 Å². The average Bonchev–Trinajstić information content (AvgIpc) is 2.35. The summed E-state index contributed by atoms with van der Waals surface area (Å²) in [5.74, 6) is 0. The van der Waals surface area contributed by atoms with Crippen LogP contribution in [0.25, 0.3) is 0 Å². The van der Waals surface area contributed by atoms with Gasteiger partial charge < -0.3 is 13.3 Å². The second-order valence-electron chi connectivity index (χ2n) is 4.53. The Hall–Kier alpha value is 0.0969. The third kappa shape index (κ3) is 5.82. The van der Waals surface area contributed by atoms with Crippen molar-refractivity contribution in [3.63, 3.8) is 0 Å². The Kier molecular flexibility index (Phi) is 11.0. The molecule has 0 rings (SSSR count). The van der Waals surface area contributed by atoms with Crippen molar-refractivity contribution in [2.24, 2.45) is 0 Å². The minimum atomic E-state index is -2.48. The van der Waals surface area contributed by atoms with E-state index >= 15 is 0 Å². The van der Waals surface area contributed by atoms with Gasteiger partial charge in [-0.05, 0) is 33.6 Å². The van der Waals surface area contributed by atoms with Crippen LogP contribution in [-0.4, -0.2) is 28.6 Å². The Labute approximate surface area is 115 Å². The zero-order valence-electron chi connectivity index (χ0n) is 13.0. The van der Waals surface area contributed by atoms with Crippen LogP contribution in [-0.2, 0) is 13.3 Å². The second kappa shape index (κ2) is 11.0. The third-order valence-electron chi connectivity index (χ3n) is 3.08. The maximum absolute atomic E-state index is 6.02. The van der Waals surface area contributed by atoms with Crippen LogP contribution in [0.1, 0.15) is 66.7 Å². The van der Waals surface area contributed by atoms with Crippen LogP contribution in [0, 0.1) is 0 Å². The van der Waals surface area contributed by atoms with Gasteiger partial charge in [-0.1, -0.05) is 33.1 Å². The summed E-state index contributed by atoms with van der Waals surface area (Å²) in [6.07, 6.45) is 5.92. The fourth-order valence-electron chi connectivity index (χ4n) is 2.38. The molecule has 0 saturated heterocycles. The van der Waals surface area contributed by atoms with Crippen molar-refractivity contribution < 1.29 is 13.3 Å². The van der Waals surface area contributed by atoms with Gasteiger partial charge in [0.05, 0.1) is 0 Å². The average molecular weight is 276 g/mol. The highest BCUT2D eigenvalue weighted by molar-refractivity contribution is 6.62. The molecule has 0 aromatic rings. The fourth-order valence-corrected chi connectivity index (χ4v) is 5.74. The van der Waals surface area contributed by atoms with Crippen LogP contribution in [0.5, 0.6) is 0 Å². The highest BCUT2D eigenvalue weighted by Gasteiger charge is 2.47. The molecule has 1 unspecified atom stereocenters. The second-order valence-corrected chi connectivity index (χ2v) is 7.42. The summed E-state index contributed by atoms with van der Waals surface area (Å²) in [6.45, 7) is 12.6. The van der Waals surface area contributed by atoms with Crippen molar-refractivity contribution in [3.05, 3.63) is 0 Å². The van der Waals surface area contributed by atoms with Crippen LogP contribution in [0.3, 0.4) is 0 Å². The molecule has 0 spiro atoms. The molecule has 0 N–H and O–H groups in total. The van der Waals surface area contributed by atoms with Gasteiger partial charge >= 0.3 is 8.80 Å². The monoisotopic (exact) mass is 276 g/mol. The van der Waals surface area contributed by atoms with Crippen LogP contribution >= 0.6 is 0 Å². The molecule has 18 heavy (non-hydrogen) atoms. The van der Waals surface area contributed by atoms with Gasteiger partial charge in [0, 0.05) is 25.4 Å². The van der Waals surface area contributed by atoms with E-state index < -0.39 is 8.80 Å². The van der Waals surface area contributed by atoms with Gasteiger partial charge in [0.1, 0.15) is 0 Å². The number of unbranched alkanes of at least 4 members (excludes halogenated alkanes) is 1. The van der Waals surface area contributed by atoms with Crippen molar-refractivity contribution in [3.8, 4) is 0 Å². The van der Waals surface area contributed by atoms with E-state index in [4.69, 9.17) is 13.3 Å². The molecule has 0 radical (unpaired) electrons. The molecule has 110 valence electrons. The van der Waals surface area contributed by atoms with E-state index in [-0.39, 0.29) is 0 Å². The molecule has 3 nitrogen and oxygen atoms in total. The molecular weight excluding hydrogens is 244 g/mol. The van der Waals surface area contributed by atoms with Crippen LogP contribution in [0.2, 0.25) is 5.54 Å². The van der Waals surface area contributed by atoms with Gasteiger partial charge in [-0.25, -0.2) is 0 Å². The van der Waals surface area contributed by atoms with Gasteiger partial charge in [-0.2, -0.15) is 0 Å². The molecule has 0 aliphatic rings. The summed E-state index contributed by atoms with van der Waals surface area (Å²) in [4.78, 5) is 0. The Morgan fingerprint density at radius 2 is 1.22 bits per heavy atom. The van der Waals surface area contributed by atoms with Crippen molar-refractivity contribution in [1.82, 2.24) is 0 Å². The molecule has 0 bridgehead atoms. The molecule has 0 saturated carbocycles. The Morgan fingerprint density at radius 1 is 0.722 bits per heavy atom. The van der Waals surface area contributed by atoms with Gasteiger partial charge in [0.2, 0.25) is 0 Å². The van der Waals surface area contributed by atoms with Crippen LogP contribution < -0.4 is 0 Å². The number of hydrogen-bond acceptors (Lipinski definition) is 3. The minimum absolute atomic E-state index is 0.460. The molecular formula is C14H32O3Si. The lowest BCUT2D eigenvalue weighted by molar-refractivity contribution is 0.0582. The molecule has 0 aliphatic heterocycles. The largest absolute Gasteiger partial charge is 0.504 e. The first-order valence-electron chi connectivity index (χ1n) is 7.62. The van der Waals surface area contributed by atoms with Crippen molar-refractivity contribution in [1.29, 1.82) is 0 Å². The van der Waals surface area contributed by atoms with E-state index in [1.54, 1.807) is 0 Å². The third-order valence-corrected chi connectivity index (χ3v) is 6.73. The highest BCUT2D eigenvalue weighted by atomic mass is 28.4. The summed E-state index contributed by atoms with van der Waals surface area (Å²) in [7, 11) is -2.48. The topological polar surface area (TPSA) is 27.7 Å². The maximum Gasteiger partial charge on any atom is 0.504 e. The molecule has 0 heterocycles. The first kappa shape index (κ1) is 18.1. The van der Waals surface area contributed by atoms with E-state index in [9.17, 15) is 0 Å².